The van der Waals surface area contributed by atoms with Crippen molar-refractivity contribution in [3.05, 3.63) is 94.3 Å². The van der Waals surface area contributed by atoms with Crippen LogP contribution in [0, 0.1) is 13.8 Å². The van der Waals surface area contributed by atoms with E-state index in [9.17, 15) is 9.90 Å². The second kappa shape index (κ2) is 13.0. The van der Waals surface area contributed by atoms with Gasteiger partial charge in [0.2, 0.25) is 0 Å². The molecule has 1 saturated carbocycles. The molecular formula is C36H45NO3. The average molecular weight is 540 g/mol. The summed E-state index contributed by atoms with van der Waals surface area (Å²) in [5.41, 5.74) is 8.48. The molecule has 1 aromatic heterocycles. The van der Waals surface area contributed by atoms with Crippen LogP contribution >= 0.6 is 0 Å². The van der Waals surface area contributed by atoms with Crippen molar-refractivity contribution >= 4 is 12.0 Å². The summed E-state index contributed by atoms with van der Waals surface area (Å²) in [7, 11) is 0. The van der Waals surface area contributed by atoms with E-state index < -0.39 is 5.60 Å². The van der Waals surface area contributed by atoms with Gasteiger partial charge in [-0.2, -0.15) is 0 Å². The van der Waals surface area contributed by atoms with E-state index in [0.29, 0.717) is 6.61 Å². The Morgan fingerprint density at radius 3 is 2.25 bits per heavy atom. The molecule has 0 unspecified atom stereocenters. The molecule has 212 valence electrons. The minimum atomic E-state index is -0.660. The first-order chi connectivity index (χ1) is 19.2. The first-order valence-corrected chi connectivity index (χ1v) is 15.0. The van der Waals surface area contributed by atoms with Crippen molar-refractivity contribution < 1.29 is 14.6 Å². The molecule has 1 aliphatic rings. The van der Waals surface area contributed by atoms with Crippen molar-refractivity contribution in [3.63, 3.8) is 0 Å². The highest BCUT2D eigenvalue weighted by Gasteiger charge is 2.31. The lowest BCUT2D eigenvalue weighted by Crippen LogP contribution is -2.28. The molecular weight excluding hydrogens is 494 g/mol. The first-order valence-electron chi connectivity index (χ1n) is 15.0. The van der Waals surface area contributed by atoms with Crippen LogP contribution in [0.15, 0.2) is 60.9 Å². The van der Waals surface area contributed by atoms with Crippen molar-refractivity contribution in [2.45, 2.75) is 97.0 Å². The molecule has 0 bridgehead atoms. The Morgan fingerprint density at radius 1 is 0.950 bits per heavy atom. The number of carbonyl (C=O) groups is 1. The fourth-order valence-corrected chi connectivity index (χ4v) is 6.36. The third kappa shape index (κ3) is 6.55. The number of benzene rings is 2. The molecule has 1 aliphatic carbocycles. The minimum absolute atomic E-state index is 0.0954. The zero-order chi connectivity index (χ0) is 28.8. The molecule has 0 radical (unpaired) electrons. The van der Waals surface area contributed by atoms with E-state index in [1.165, 1.54) is 34.2 Å². The Hall–Kier alpha value is -3.24. The minimum Gasteiger partial charge on any atom is -0.466 e. The molecule has 1 N–H and O–H groups in total. The maximum absolute atomic E-state index is 12.0. The van der Waals surface area contributed by atoms with Crippen LogP contribution in [0.25, 0.3) is 17.2 Å². The number of aliphatic hydroxyl groups is 1. The number of aromatic nitrogens is 1. The van der Waals surface area contributed by atoms with Crippen molar-refractivity contribution in [1.82, 2.24) is 4.98 Å². The maximum atomic E-state index is 12.0. The van der Waals surface area contributed by atoms with Crippen LogP contribution in [-0.2, 0) is 21.4 Å². The van der Waals surface area contributed by atoms with E-state index in [-0.39, 0.29) is 17.8 Å². The van der Waals surface area contributed by atoms with Gasteiger partial charge in [-0.05, 0) is 91.5 Å². The standard InChI is InChI=1S/C36H45NO3/c1-6-36(7-2,31-13-12-29(26(4)20-31)16-19-35(39)17-10-9-11-18-35)32-14-15-33(27(5)21-32)30-22-28(24-37-25-30)23-34(38)40-8-3/h12-16,19-22,24-25,39H,6-11,17-18,23H2,1-5H3. The predicted molar refractivity (Wildman–Crippen MR) is 164 cm³/mol. The Bertz CT molecular complexity index is 1350. The van der Waals surface area contributed by atoms with E-state index in [0.717, 1.165) is 55.2 Å². The zero-order valence-corrected chi connectivity index (χ0v) is 24.9. The number of pyridine rings is 1. The molecule has 3 aromatic rings. The topological polar surface area (TPSA) is 59.4 Å². The third-order valence-electron chi connectivity index (χ3n) is 8.86. The van der Waals surface area contributed by atoms with E-state index in [4.69, 9.17) is 4.74 Å². The monoisotopic (exact) mass is 539 g/mol. The fraction of sp³-hybridized carbons (Fsp3) is 0.444. The van der Waals surface area contributed by atoms with E-state index in [1.807, 2.05) is 25.3 Å². The lowest BCUT2D eigenvalue weighted by atomic mass is 9.69. The number of esters is 1. The fourth-order valence-electron chi connectivity index (χ4n) is 6.36. The van der Waals surface area contributed by atoms with Gasteiger partial charge in [-0.15, -0.1) is 0 Å². The van der Waals surface area contributed by atoms with Crippen LogP contribution in [-0.4, -0.2) is 28.3 Å². The highest BCUT2D eigenvalue weighted by Crippen LogP contribution is 2.41. The molecule has 0 amide bonds. The molecule has 40 heavy (non-hydrogen) atoms. The summed E-state index contributed by atoms with van der Waals surface area (Å²) in [5, 5.41) is 10.9. The number of carbonyl (C=O) groups excluding carboxylic acids is 1. The van der Waals surface area contributed by atoms with Gasteiger partial charge in [0.15, 0.2) is 0 Å². The van der Waals surface area contributed by atoms with Crippen LogP contribution in [0.4, 0.5) is 0 Å². The van der Waals surface area contributed by atoms with Crippen LogP contribution in [0.3, 0.4) is 0 Å². The summed E-state index contributed by atoms with van der Waals surface area (Å²) in [6.45, 7) is 11.1. The maximum Gasteiger partial charge on any atom is 0.310 e. The second-order valence-corrected chi connectivity index (χ2v) is 11.5. The summed E-state index contributed by atoms with van der Waals surface area (Å²) >= 11 is 0. The molecule has 0 saturated heterocycles. The summed E-state index contributed by atoms with van der Waals surface area (Å²) in [6.07, 6.45) is 15.1. The van der Waals surface area contributed by atoms with Gasteiger partial charge in [0.1, 0.15) is 0 Å². The Kier molecular flexibility index (Phi) is 9.63. The van der Waals surface area contributed by atoms with Gasteiger partial charge < -0.3 is 9.84 Å². The number of ether oxygens (including phenoxy) is 1. The molecule has 2 aromatic carbocycles. The first kappa shape index (κ1) is 29.7. The Balaban J connectivity index is 1.62. The van der Waals surface area contributed by atoms with Crippen molar-refractivity contribution in [1.29, 1.82) is 0 Å². The molecule has 4 heteroatoms. The summed E-state index contributed by atoms with van der Waals surface area (Å²) < 4.78 is 5.11. The summed E-state index contributed by atoms with van der Waals surface area (Å²) in [5.74, 6) is -0.231. The van der Waals surface area contributed by atoms with Gasteiger partial charge in [-0.3, -0.25) is 9.78 Å². The number of hydrogen-bond donors (Lipinski definition) is 1. The smallest absolute Gasteiger partial charge is 0.310 e. The van der Waals surface area contributed by atoms with Gasteiger partial charge in [0, 0.05) is 23.4 Å². The highest BCUT2D eigenvalue weighted by molar-refractivity contribution is 5.74. The highest BCUT2D eigenvalue weighted by atomic mass is 16.5. The molecule has 4 nitrogen and oxygen atoms in total. The van der Waals surface area contributed by atoms with Crippen molar-refractivity contribution in [2.75, 3.05) is 6.61 Å². The predicted octanol–water partition coefficient (Wildman–Crippen LogP) is 8.29. The SMILES string of the molecule is CCOC(=O)Cc1cncc(-c2ccc(C(CC)(CC)c3ccc(C=CC4(O)CCCCC4)c(C)c3)cc2C)c1. The number of aryl methyl sites for hydroxylation is 2. The summed E-state index contributed by atoms with van der Waals surface area (Å²) in [6, 6.07) is 15.6. The zero-order valence-electron chi connectivity index (χ0n) is 24.9. The lowest BCUT2D eigenvalue weighted by molar-refractivity contribution is -0.142. The normalized spacial score (nSPS) is 15.3. The summed E-state index contributed by atoms with van der Waals surface area (Å²) in [4.78, 5) is 16.4. The second-order valence-electron chi connectivity index (χ2n) is 11.5. The van der Waals surface area contributed by atoms with Gasteiger partial charge >= 0.3 is 5.97 Å². The van der Waals surface area contributed by atoms with Crippen molar-refractivity contribution in [3.8, 4) is 11.1 Å². The van der Waals surface area contributed by atoms with Gasteiger partial charge in [-0.25, -0.2) is 0 Å². The Labute approximate surface area is 240 Å². The van der Waals surface area contributed by atoms with E-state index in [1.54, 1.807) is 6.20 Å². The van der Waals surface area contributed by atoms with Crippen LogP contribution in [0.5, 0.6) is 0 Å². The number of nitrogens with zero attached hydrogens (tertiary/aromatic N) is 1. The van der Waals surface area contributed by atoms with Crippen LogP contribution < -0.4 is 0 Å². The van der Waals surface area contributed by atoms with E-state index in [2.05, 4.69) is 75.2 Å². The van der Waals surface area contributed by atoms with Gasteiger partial charge in [0.25, 0.3) is 0 Å². The molecule has 4 rings (SSSR count). The molecule has 1 fully saturated rings. The lowest BCUT2D eigenvalue weighted by Gasteiger charge is -2.34. The molecule has 0 atom stereocenters. The van der Waals surface area contributed by atoms with Crippen molar-refractivity contribution in [2.24, 2.45) is 0 Å². The number of hydrogen-bond acceptors (Lipinski definition) is 4. The quantitative estimate of drug-likeness (QED) is 0.263. The molecule has 1 heterocycles. The molecule has 0 aliphatic heterocycles. The average Bonchev–Trinajstić information content (AvgIpc) is 2.94. The van der Waals surface area contributed by atoms with E-state index >= 15 is 0 Å². The van der Waals surface area contributed by atoms with Crippen LogP contribution in [0.2, 0.25) is 0 Å². The number of rotatable bonds is 10. The third-order valence-corrected chi connectivity index (χ3v) is 8.86. The van der Waals surface area contributed by atoms with Gasteiger partial charge in [-0.1, -0.05) is 81.7 Å². The Morgan fingerprint density at radius 2 is 1.62 bits per heavy atom. The van der Waals surface area contributed by atoms with Crippen LogP contribution in [0.1, 0.15) is 99.1 Å². The van der Waals surface area contributed by atoms with Gasteiger partial charge in [0.05, 0.1) is 18.6 Å². The largest absolute Gasteiger partial charge is 0.466 e. The molecule has 0 spiro atoms.